The number of Topliss-reactive ketones (excluding diaryl/α,β-unsaturated/α-hetero) is 1. The highest BCUT2D eigenvalue weighted by Gasteiger charge is 2.13. The van der Waals surface area contributed by atoms with Gasteiger partial charge in [0.1, 0.15) is 5.75 Å². The molecule has 0 saturated carbocycles. The van der Waals surface area contributed by atoms with Crippen molar-refractivity contribution in [1.82, 2.24) is 0 Å². The van der Waals surface area contributed by atoms with E-state index in [0.717, 1.165) is 17.7 Å². The predicted molar refractivity (Wildman–Crippen MR) is 79.5 cm³/mol. The van der Waals surface area contributed by atoms with Gasteiger partial charge in [0.15, 0.2) is 5.78 Å². The smallest absolute Gasteiger partial charge is 0.167 e. The lowest BCUT2D eigenvalue weighted by molar-refractivity contribution is 0.0992. The number of ether oxygens (including phenoxy) is 1. The number of aryl methyl sites for hydroxylation is 2. The second kappa shape index (κ2) is 5.49. The van der Waals surface area contributed by atoms with Gasteiger partial charge in [0, 0.05) is 12.0 Å². The minimum atomic E-state index is 0.141. The normalized spacial score (nSPS) is 13.1. The van der Waals surface area contributed by atoms with E-state index in [1.54, 1.807) is 13.2 Å². The minimum absolute atomic E-state index is 0.141. The molecule has 1 aliphatic carbocycles. The van der Waals surface area contributed by atoms with Crippen LogP contribution in [0.5, 0.6) is 5.75 Å². The van der Waals surface area contributed by atoms with Crippen LogP contribution in [0.1, 0.15) is 33.5 Å². The molecule has 0 amide bonds. The van der Waals surface area contributed by atoms with Crippen molar-refractivity contribution in [3.63, 3.8) is 0 Å². The fraction of sp³-hybridized carbons (Fsp3) is 0.278. The van der Waals surface area contributed by atoms with E-state index in [4.69, 9.17) is 4.74 Å². The van der Waals surface area contributed by atoms with Crippen molar-refractivity contribution < 1.29 is 9.53 Å². The highest BCUT2D eigenvalue weighted by atomic mass is 16.5. The molecule has 20 heavy (non-hydrogen) atoms. The van der Waals surface area contributed by atoms with Crippen LogP contribution in [0, 0.1) is 0 Å². The average molecular weight is 266 g/mol. The summed E-state index contributed by atoms with van der Waals surface area (Å²) in [6, 6.07) is 13.8. The Hall–Kier alpha value is -2.09. The molecule has 0 heterocycles. The number of carbonyl (C=O) groups excluding carboxylic acids is 1. The Morgan fingerprint density at radius 1 is 1.10 bits per heavy atom. The van der Waals surface area contributed by atoms with Crippen LogP contribution in [0.3, 0.4) is 0 Å². The van der Waals surface area contributed by atoms with Crippen molar-refractivity contribution in [2.45, 2.75) is 25.7 Å². The third kappa shape index (κ3) is 2.60. The van der Waals surface area contributed by atoms with Crippen molar-refractivity contribution in [3.05, 3.63) is 64.7 Å². The second-order valence-electron chi connectivity index (χ2n) is 5.29. The van der Waals surface area contributed by atoms with Gasteiger partial charge in [-0.25, -0.2) is 0 Å². The monoisotopic (exact) mass is 266 g/mol. The van der Waals surface area contributed by atoms with Gasteiger partial charge in [-0.3, -0.25) is 4.79 Å². The first-order chi connectivity index (χ1) is 9.76. The molecule has 0 bridgehead atoms. The van der Waals surface area contributed by atoms with Crippen molar-refractivity contribution in [1.29, 1.82) is 0 Å². The Bertz CT molecular complexity index is 644. The Morgan fingerprint density at radius 2 is 1.95 bits per heavy atom. The largest absolute Gasteiger partial charge is 0.497 e. The van der Waals surface area contributed by atoms with Crippen LogP contribution in [0.4, 0.5) is 0 Å². The number of ketones is 1. The highest BCUT2D eigenvalue weighted by Crippen LogP contribution is 2.23. The molecule has 2 aromatic rings. The van der Waals surface area contributed by atoms with E-state index in [0.29, 0.717) is 12.0 Å². The Labute approximate surface area is 119 Å². The molecule has 2 nitrogen and oxygen atoms in total. The SMILES string of the molecule is COc1cccc(C(=O)Cc2ccc3c(c2)CCC3)c1. The van der Waals surface area contributed by atoms with Crippen molar-refractivity contribution in [2.75, 3.05) is 7.11 Å². The second-order valence-corrected chi connectivity index (χ2v) is 5.29. The van der Waals surface area contributed by atoms with Crippen LogP contribution in [0.15, 0.2) is 42.5 Å². The van der Waals surface area contributed by atoms with Gasteiger partial charge in [-0.1, -0.05) is 30.3 Å². The van der Waals surface area contributed by atoms with Gasteiger partial charge in [-0.15, -0.1) is 0 Å². The third-order valence-corrected chi connectivity index (χ3v) is 3.92. The van der Waals surface area contributed by atoms with Gasteiger partial charge in [0.2, 0.25) is 0 Å². The van der Waals surface area contributed by atoms with Crippen molar-refractivity contribution >= 4 is 5.78 Å². The topological polar surface area (TPSA) is 26.3 Å². The third-order valence-electron chi connectivity index (χ3n) is 3.92. The van der Waals surface area contributed by atoms with E-state index in [2.05, 4.69) is 18.2 Å². The zero-order valence-corrected chi connectivity index (χ0v) is 11.7. The number of carbonyl (C=O) groups is 1. The van der Waals surface area contributed by atoms with Crippen LogP contribution in [0.25, 0.3) is 0 Å². The molecule has 102 valence electrons. The zero-order valence-electron chi connectivity index (χ0n) is 11.7. The van der Waals surface area contributed by atoms with Crippen molar-refractivity contribution in [3.8, 4) is 5.75 Å². The van der Waals surface area contributed by atoms with Crippen LogP contribution in [-0.4, -0.2) is 12.9 Å². The molecular formula is C18H18O2. The van der Waals surface area contributed by atoms with E-state index < -0.39 is 0 Å². The first-order valence-corrected chi connectivity index (χ1v) is 7.04. The number of hydrogen-bond acceptors (Lipinski definition) is 2. The summed E-state index contributed by atoms with van der Waals surface area (Å²) in [5.74, 6) is 0.867. The Kier molecular flexibility index (Phi) is 3.55. The van der Waals surface area contributed by atoms with Crippen LogP contribution < -0.4 is 4.74 Å². The molecule has 1 aliphatic rings. The number of rotatable bonds is 4. The first kappa shape index (κ1) is 12.9. The standard InChI is InChI=1S/C18H18O2/c1-20-17-7-3-6-16(12-17)18(19)11-13-8-9-14-4-2-5-15(14)10-13/h3,6-10,12H,2,4-5,11H2,1H3. The summed E-state index contributed by atoms with van der Waals surface area (Å²) in [7, 11) is 1.62. The average Bonchev–Trinajstić information content (AvgIpc) is 2.95. The lowest BCUT2D eigenvalue weighted by atomic mass is 9.99. The molecule has 0 N–H and O–H groups in total. The molecule has 2 aromatic carbocycles. The van der Waals surface area contributed by atoms with Crippen LogP contribution in [0.2, 0.25) is 0 Å². The summed E-state index contributed by atoms with van der Waals surface area (Å²) in [5.41, 5.74) is 4.69. The number of hydrogen-bond donors (Lipinski definition) is 0. The molecule has 0 aromatic heterocycles. The van der Waals surface area contributed by atoms with Gasteiger partial charge < -0.3 is 4.74 Å². The molecule has 0 spiro atoms. The molecule has 0 fully saturated rings. The van der Waals surface area contributed by atoms with E-state index in [1.807, 2.05) is 18.2 Å². The number of benzene rings is 2. The Morgan fingerprint density at radius 3 is 2.80 bits per heavy atom. The number of methoxy groups -OCH3 is 1. The molecule has 0 saturated heterocycles. The van der Waals surface area contributed by atoms with E-state index in [-0.39, 0.29) is 5.78 Å². The van der Waals surface area contributed by atoms with Crippen molar-refractivity contribution in [2.24, 2.45) is 0 Å². The summed E-state index contributed by atoms with van der Waals surface area (Å²) in [5, 5.41) is 0. The highest BCUT2D eigenvalue weighted by molar-refractivity contribution is 5.97. The van der Waals surface area contributed by atoms with E-state index in [1.165, 1.54) is 24.0 Å². The zero-order chi connectivity index (χ0) is 13.9. The summed E-state index contributed by atoms with van der Waals surface area (Å²) in [6.45, 7) is 0. The molecular weight excluding hydrogens is 248 g/mol. The number of fused-ring (bicyclic) bond motifs is 1. The maximum absolute atomic E-state index is 12.3. The predicted octanol–water partition coefficient (Wildman–Crippen LogP) is 3.61. The molecule has 0 atom stereocenters. The van der Waals surface area contributed by atoms with Gasteiger partial charge in [0.05, 0.1) is 7.11 Å². The maximum Gasteiger partial charge on any atom is 0.167 e. The van der Waals surface area contributed by atoms with E-state index in [9.17, 15) is 4.79 Å². The first-order valence-electron chi connectivity index (χ1n) is 7.04. The summed E-state index contributed by atoms with van der Waals surface area (Å²) in [4.78, 5) is 12.3. The van der Waals surface area contributed by atoms with Gasteiger partial charge in [-0.05, 0) is 48.1 Å². The molecule has 0 radical (unpaired) electrons. The van der Waals surface area contributed by atoms with Gasteiger partial charge in [-0.2, -0.15) is 0 Å². The van der Waals surface area contributed by atoms with Crippen LogP contribution >= 0.6 is 0 Å². The summed E-state index contributed by atoms with van der Waals surface area (Å²) >= 11 is 0. The van der Waals surface area contributed by atoms with E-state index >= 15 is 0 Å². The summed E-state index contributed by atoms with van der Waals surface area (Å²) < 4.78 is 5.16. The minimum Gasteiger partial charge on any atom is -0.497 e. The van der Waals surface area contributed by atoms with Crippen LogP contribution in [-0.2, 0) is 19.3 Å². The maximum atomic E-state index is 12.3. The lowest BCUT2D eigenvalue weighted by Crippen LogP contribution is -2.04. The molecule has 2 heteroatoms. The fourth-order valence-electron chi connectivity index (χ4n) is 2.82. The fourth-order valence-corrected chi connectivity index (χ4v) is 2.82. The van der Waals surface area contributed by atoms with Gasteiger partial charge in [0.25, 0.3) is 0 Å². The van der Waals surface area contributed by atoms with Gasteiger partial charge >= 0.3 is 0 Å². The summed E-state index contributed by atoms with van der Waals surface area (Å²) in [6.07, 6.45) is 4.03. The molecule has 0 unspecified atom stereocenters. The Balaban J connectivity index is 1.78. The molecule has 3 rings (SSSR count). The molecule has 0 aliphatic heterocycles. The quantitative estimate of drug-likeness (QED) is 0.790. The lowest BCUT2D eigenvalue weighted by Gasteiger charge is -2.06.